The molecule has 134 heavy (non-hydrogen) atoms. The summed E-state index contributed by atoms with van der Waals surface area (Å²) in [4.78, 5) is 52.7. The Morgan fingerprint density at radius 2 is 0.836 bits per heavy atom. The molecule has 0 amide bonds. The van der Waals surface area contributed by atoms with Crippen LogP contribution in [0.2, 0.25) is 0 Å². The molecular formula is C111H161AlCl5NaO10S6. The minimum Gasteiger partial charge on any atom is -0.769 e. The number of hydrogen-bond acceptors (Lipinski definition) is 14. The van der Waals surface area contributed by atoms with Crippen molar-refractivity contribution < 1.29 is 79.7 Å². The number of ketones is 4. The van der Waals surface area contributed by atoms with Crippen LogP contribution in [0, 0.1) is 111 Å². The van der Waals surface area contributed by atoms with Crippen molar-refractivity contribution in [3.8, 4) is 0 Å². The smallest absolute Gasteiger partial charge is 0.769 e. The first-order valence-corrected chi connectivity index (χ1v) is 58.5. The molecule has 0 bridgehead atoms. The summed E-state index contributed by atoms with van der Waals surface area (Å²) < 4.78 is 7.72. The first-order chi connectivity index (χ1) is 62.0. The summed E-state index contributed by atoms with van der Waals surface area (Å²) in [5, 5.41) is 28.7. The van der Waals surface area contributed by atoms with Gasteiger partial charge in [-0.2, -0.15) is 0 Å². The van der Waals surface area contributed by atoms with Gasteiger partial charge >= 0.3 is 40.9 Å². The first-order valence-electron chi connectivity index (χ1n) is 47.1. The Bertz CT molecular complexity index is 4720. The molecule has 2 aliphatic heterocycles. The Morgan fingerprint density at radius 3 is 1.22 bits per heavy atom. The number of alkyl halides is 1. The molecule has 4 aliphatic rings. The Kier molecular flexibility index (Phi) is 71.8. The van der Waals surface area contributed by atoms with E-state index in [2.05, 4.69) is 267 Å². The molecule has 0 radical (unpaired) electrons. The Morgan fingerprint density at radius 1 is 0.470 bits per heavy atom. The zero-order valence-electron chi connectivity index (χ0n) is 85.9. The molecule has 6 atom stereocenters. The summed E-state index contributed by atoms with van der Waals surface area (Å²) in [6, 6.07) is 36.5. The molecule has 740 valence electrons. The monoisotopic (exact) mass is 2070 g/mol. The van der Waals surface area contributed by atoms with E-state index < -0.39 is 17.7 Å². The number of halogens is 5. The second-order valence-electron chi connectivity index (χ2n) is 34.8. The number of fused-ring (bicyclic) bond motifs is 4. The summed E-state index contributed by atoms with van der Waals surface area (Å²) in [5.74, 6) is 9.10. The van der Waals surface area contributed by atoms with E-state index in [-0.39, 0.29) is 64.0 Å². The molecule has 0 fully saturated rings. The van der Waals surface area contributed by atoms with Crippen molar-refractivity contribution in [1.82, 2.24) is 0 Å². The standard InChI is InChI=1S/C16H22O.C15H22O2.C15H20OS.C13H19ClS.C13H20OS.C13H18OS.C13H18S.C8H10S.C5H8O.Al.ClO.3ClH.Na.2H2O/c1-5-13-7-6-8-14-10(2)9-15(12(4)17)11(3)16(13)14;1-4-11-6-5-7-12-9(2)8-13(15(16)17)10(3)14(11)12;1-5-12-6-7-17-15-9(2)8-13(11(4)16)10(3)14(12)15;3*1-4-12(14)7-8-15-13-9-10(2)5-6-11(13)3;1-4-11-7-8-14-13-10(3)6-5-9(2)12(11)13;1-6-3-4-7(2)8(9)5-6;1-3-5(6)4-2;;1-2;;;;;;/h9,13H,5-8H2,1-4H3;8,11,15-17H,4-7H2,1-3H3;8,12H,5-7H2,1-4H3;5-6,9,12H,4,7-8H2,1-3H3;5-6,9,12,14H,4,7-8H2,1-3H3;5-6,9H,4,7-8H2,1-3H3;5-6,11H,4,7-8H2,1-3H3;3-5,9H,1-2H3;3H,1,4H2,2H3;;;3*1H;;2*1H2/q;;;;;;;;;+3;-1;;;;+1;;/p-3. The number of thioether (sulfide) groups is 5. The van der Waals surface area contributed by atoms with Gasteiger partial charge in [0.15, 0.2) is 23.6 Å². The van der Waals surface area contributed by atoms with Gasteiger partial charge in [0.2, 0.25) is 0 Å². The van der Waals surface area contributed by atoms with Crippen LogP contribution in [0.5, 0.6) is 0 Å². The molecule has 6 unspecified atom stereocenters. The van der Waals surface area contributed by atoms with Gasteiger partial charge in [-0.15, -0.1) is 83.0 Å². The third-order valence-electron chi connectivity index (χ3n) is 24.7. The van der Waals surface area contributed by atoms with Crippen molar-refractivity contribution in [2.24, 2.45) is 0 Å². The predicted molar refractivity (Wildman–Crippen MR) is 590 cm³/mol. The van der Waals surface area contributed by atoms with Gasteiger partial charge in [0, 0.05) is 82.2 Å². The van der Waals surface area contributed by atoms with Gasteiger partial charge in [0.25, 0.3) is 0 Å². The van der Waals surface area contributed by atoms with Crippen LogP contribution in [0.4, 0.5) is 0 Å². The molecule has 10 nitrogen and oxygen atoms in total. The van der Waals surface area contributed by atoms with Gasteiger partial charge in [-0.05, 0) is 411 Å². The van der Waals surface area contributed by atoms with Crippen LogP contribution in [0.3, 0.4) is 0 Å². The fraction of sp³-hybridized carbons (Fsp3) is 0.514. The van der Waals surface area contributed by atoms with Gasteiger partial charge in [-0.1, -0.05) is 151 Å². The van der Waals surface area contributed by atoms with Gasteiger partial charge in [-0.25, -0.2) is 42.0 Å². The normalized spacial score (nSPS) is 14.7. The molecule has 23 heteroatoms. The average Bonchev–Trinajstić information content (AvgIpc) is 0.782. The molecule has 0 aromatic heterocycles. The summed E-state index contributed by atoms with van der Waals surface area (Å²) in [6.45, 7) is 57.6. The van der Waals surface area contributed by atoms with E-state index >= 15 is 0 Å². The number of hydrogen-bond donors (Lipinski definition) is 4. The molecule has 2 aliphatic carbocycles. The van der Waals surface area contributed by atoms with Crippen molar-refractivity contribution in [2.45, 2.75) is 373 Å². The van der Waals surface area contributed by atoms with Crippen LogP contribution in [-0.4, -0.2) is 101 Å². The van der Waals surface area contributed by atoms with Gasteiger partial charge < -0.3 is 30.9 Å². The molecule has 8 aromatic rings. The quantitative estimate of drug-likeness (QED) is 0.00844. The van der Waals surface area contributed by atoms with Gasteiger partial charge in [-0.3, -0.25) is 19.2 Å². The van der Waals surface area contributed by atoms with E-state index in [1.807, 2.05) is 80.8 Å². The van der Waals surface area contributed by atoms with Crippen molar-refractivity contribution in [2.75, 3.05) is 28.8 Å². The molecule has 12 rings (SSSR count). The van der Waals surface area contributed by atoms with E-state index in [0.29, 0.717) is 53.7 Å². The van der Waals surface area contributed by atoms with Crippen LogP contribution < -0.4 is 34.2 Å². The second-order valence-corrected chi connectivity index (χ2v) is 47.9. The summed E-state index contributed by atoms with van der Waals surface area (Å²) in [5.41, 5.74) is 32.2. The second kappa shape index (κ2) is 72.3. The Hall–Kier alpha value is -2.98. The number of allylic oxidation sites excluding steroid dienone is 1. The fourth-order valence-corrected chi connectivity index (χ4v) is 23.4. The number of rotatable bonds is 24. The Labute approximate surface area is 886 Å². The molecule has 0 saturated carbocycles. The third kappa shape index (κ3) is 46.2. The average molecular weight is 2080 g/mol. The molecule has 0 saturated heterocycles. The van der Waals surface area contributed by atoms with Crippen LogP contribution in [-0.2, 0) is 22.4 Å². The summed E-state index contributed by atoms with van der Waals surface area (Å²) in [6.07, 6.45) is 20.5. The molecule has 7 N–H and O–H groups in total. The maximum absolute atomic E-state index is 11.7. The van der Waals surface area contributed by atoms with Crippen molar-refractivity contribution in [3.05, 3.63) is 255 Å². The zero-order chi connectivity index (χ0) is 99.1. The fourth-order valence-electron chi connectivity index (χ4n) is 16.7. The van der Waals surface area contributed by atoms with E-state index in [1.54, 1.807) is 36.1 Å². The SMILES string of the molecule is C=CC(=O)CC.CCC(=O)CCSc1cc(C)ccc1C.CCC(Cl)CCSc1cc(C)ccc1C.CCC(O)CCSc1cc(C)ccc1C.CCC1CCCc2c(C)cc(C(C)=O)c(C)c21.CCC1CCCc2c(C)cc(C(O)O)c(C)c21.CCC1CCSc2c(C)cc(C(C)=O)c(C)c21.CCC1CCSc2c(C)ccc(C)c21.Cc1ccc(C)c(S)c1.O.O.[Cl][Al]([Cl])[Cl].[Na+].[O-]Cl. The van der Waals surface area contributed by atoms with Crippen LogP contribution >= 0.6 is 125 Å². The van der Waals surface area contributed by atoms with E-state index in [0.717, 1.165) is 83.3 Å². The number of aliphatic hydroxyl groups is 3. The minimum absolute atomic E-state index is 0. The van der Waals surface area contributed by atoms with Crippen LogP contribution in [0.1, 0.15) is 357 Å². The van der Waals surface area contributed by atoms with Crippen molar-refractivity contribution >= 4 is 160 Å². The summed E-state index contributed by atoms with van der Waals surface area (Å²) in [7, 11) is 14.8. The van der Waals surface area contributed by atoms with Crippen molar-refractivity contribution in [1.29, 1.82) is 0 Å². The van der Waals surface area contributed by atoms with Gasteiger partial charge in [0.1, 0.15) is 5.78 Å². The van der Waals surface area contributed by atoms with E-state index in [1.165, 1.54) is 213 Å². The number of benzene rings is 8. The molecule has 8 aromatic carbocycles. The number of thiol groups is 1. The maximum Gasteiger partial charge on any atom is 1.00 e. The van der Waals surface area contributed by atoms with E-state index in [4.69, 9.17) is 46.4 Å². The minimum atomic E-state index is -1.72. The van der Waals surface area contributed by atoms with Crippen LogP contribution in [0.15, 0.2) is 145 Å². The number of aliphatic hydroxyl groups excluding tert-OH is 2. The predicted octanol–water partition coefficient (Wildman–Crippen LogP) is 28.7. The molecule has 0 spiro atoms. The van der Waals surface area contributed by atoms with Crippen molar-refractivity contribution in [3.63, 3.8) is 0 Å². The largest absolute Gasteiger partial charge is 1.00 e. The number of carbonyl (C=O) groups excluding carboxylic acids is 4. The Balaban J connectivity index is 0. The zero-order valence-corrected chi connectivity index (χ0v) is 97.9. The topological polar surface area (TPSA) is 215 Å². The van der Waals surface area contributed by atoms with Gasteiger partial charge in [0.05, 0.1) is 6.10 Å². The first kappa shape index (κ1) is 133. The molecular weight excluding hydrogens is 1910 g/mol. The third-order valence-corrected chi connectivity index (χ3v) is 31.8. The van der Waals surface area contributed by atoms with E-state index in [9.17, 15) is 34.5 Å². The number of carbonyl (C=O) groups is 4. The van der Waals surface area contributed by atoms with Crippen LogP contribution in [0.25, 0.3) is 0 Å². The summed E-state index contributed by atoms with van der Waals surface area (Å²) >= 11 is 21.6. The maximum atomic E-state index is 11.7. The number of Topliss-reactive ketones (excluding diaryl/α,β-unsaturated/α-hetero) is 3. The number of aryl methyl sites for hydroxylation is 13. The molecule has 2 heterocycles.